The van der Waals surface area contributed by atoms with Crippen LogP contribution < -0.4 is 4.90 Å². The topological polar surface area (TPSA) is 69.8 Å². The van der Waals surface area contributed by atoms with Crippen molar-refractivity contribution < 1.29 is 5.11 Å². The summed E-state index contributed by atoms with van der Waals surface area (Å²) in [5.41, 5.74) is 0.863. The molecular weight excluding hydrogens is 316 g/mol. The number of aliphatic hydroxyl groups is 1. The highest BCUT2D eigenvalue weighted by molar-refractivity contribution is 5.45. The van der Waals surface area contributed by atoms with Crippen molar-refractivity contribution in [3.05, 3.63) is 54.4 Å². The van der Waals surface area contributed by atoms with E-state index in [1.807, 2.05) is 49.4 Å². The minimum absolute atomic E-state index is 0.628. The van der Waals surface area contributed by atoms with Gasteiger partial charge in [0.25, 0.3) is 0 Å². The summed E-state index contributed by atoms with van der Waals surface area (Å²) in [7, 11) is 0. The molecular formula is C18H22N6O. The zero-order valence-corrected chi connectivity index (χ0v) is 14.3. The molecule has 1 aliphatic rings. The van der Waals surface area contributed by atoms with Crippen molar-refractivity contribution in [1.82, 2.24) is 24.7 Å². The predicted molar refractivity (Wildman–Crippen MR) is 95.4 cm³/mol. The van der Waals surface area contributed by atoms with Gasteiger partial charge in [-0.25, -0.2) is 0 Å². The molecule has 1 saturated heterocycles. The molecule has 1 aliphatic heterocycles. The maximum Gasteiger partial charge on any atom is 0.177 e. The van der Waals surface area contributed by atoms with Crippen LogP contribution in [-0.2, 0) is 5.60 Å². The van der Waals surface area contributed by atoms with Gasteiger partial charge in [0.05, 0.1) is 5.60 Å². The highest BCUT2D eigenvalue weighted by Crippen LogP contribution is 2.23. The monoisotopic (exact) mass is 338 g/mol. The number of fused-ring (bicyclic) bond motifs is 1. The van der Waals surface area contributed by atoms with Crippen molar-refractivity contribution in [3.63, 3.8) is 0 Å². The van der Waals surface area contributed by atoms with Crippen LogP contribution in [0.15, 0.2) is 48.8 Å². The minimum Gasteiger partial charge on any atom is -0.384 e. The normalized spacial score (nSPS) is 18.4. The molecule has 0 unspecified atom stereocenters. The Kier molecular flexibility index (Phi) is 4.10. The van der Waals surface area contributed by atoms with Gasteiger partial charge < -0.3 is 10.0 Å². The molecule has 130 valence electrons. The number of hydrogen-bond donors (Lipinski definition) is 1. The lowest BCUT2D eigenvalue weighted by Crippen LogP contribution is -2.50. The first kappa shape index (κ1) is 16.0. The number of benzene rings is 1. The smallest absolute Gasteiger partial charge is 0.177 e. The second-order valence-corrected chi connectivity index (χ2v) is 6.73. The standard InChI is InChI=1S/C18H22N6O/c1-18(25,15-5-3-2-4-6-15)13-22-9-11-23(12-10-22)17-8-7-16-20-19-14-24(16)21-17/h2-8,14,25H,9-13H2,1H3/t18-/m0/s1. The van der Waals surface area contributed by atoms with Crippen molar-refractivity contribution in [2.75, 3.05) is 37.6 Å². The van der Waals surface area contributed by atoms with Crippen molar-refractivity contribution >= 4 is 11.5 Å². The summed E-state index contributed by atoms with van der Waals surface area (Å²) in [6.07, 6.45) is 1.62. The van der Waals surface area contributed by atoms with Gasteiger partial charge in [-0.2, -0.15) is 4.52 Å². The van der Waals surface area contributed by atoms with Gasteiger partial charge in [0, 0.05) is 32.7 Å². The van der Waals surface area contributed by atoms with Gasteiger partial charge in [-0.3, -0.25) is 4.90 Å². The highest BCUT2D eigenvalue weighted by atomic mass is 16.3. The van der Waals surface area contributed by atoms with Crippen LogP contribution in [0, 0.1) is 0 Å². The van der Waals surface area contributed by atoms with E-state index in [4.69, 9.17) is 0 Å². The van der Waals surface area contributed by atoms with Gasteiger partial charge in [-0.1, -0.05) is 30.3 Å². The number of rotatable bonds is 4. The second kappa shape index (κ2) is 6.42. The first-order valence-electron chi connectivity index (χ1n) is 8.54. The van der Waals surface area contributed by atoms with Crippen LogP contribution in [0.25, 0.3) is 5.65 Å². The van der Waals surface area contributed by atoms with Crippen LogP contribution in [0.5, 0.6) is 0 Å². The third-order valence-corrected chi connectivity index (χ3v) is 4.77. The molecule has 1 fully saturated rings. The Morgan fingerprint density at radius 2 is 1.80 bits per heavy atom. The molecule has 1 aromatic carbocycles. The molecule has 0 amide bonds. The first-order chi connectivity index (χ1) is 12.1. The lowest BCUT2D eigenvalue weighted by molar-refractivity contribution is 0.0143. The molecule has 7 nitrogen and oxygen atoms in total. The van der Waals surface area contributed by atoms with Crippen molar-refractivity contribution in [3.8, 4) is 0 Å². The fraction of sp³-hybridized carbons (Fsp3) is 0.389. The summed E-state index contributed by atoms with van der Waals surface area (Å²) in [6, 6.07) is 13.8. The van der Waals surface area contributed by atoms with Gasteiger partial charge in [0.2, 0.25) is 0 Å². The predicted octanol–water partition coefficient (Wildman–Crippen LogP) is 1.15. The summed E-state index contributed by atoms with van der Waals surface area (Å²) in [4.78, 5) is 4.56. The third-order valence-electron chi connectivity index (χ3n) is 4.77. The number of nitrogens with zero attached hydrogens (tertiary/aromatic N) is 6. The molecule has 0 saturated carbocycles. The van der Waals surface area contributed by atoms with E-state index in [0.29, 0.717) is 6.54 Å². The van der Waals surface area contributed by atoms with Crippen molar-refractivity contribution in [2.24, 2.45) is 0 Å². The number of piperazine rings is 1. The van der Waals surface area contributed by atoms with Gasteiger partial charge >= 0.3 is 0 Å². The van der Waals surface area contributed by atoms with E-state index in [1.54, 1.807) is 10.8 Å². The summed E-state index contributed by atoms with van der Waals surface area (Å²) in [6.45, 7) is 6.06. The van der Waals surface area contributed by atoms with E-state index >= 15 is 0 Å². The lowest BCUT2D eigenvalue weighted by atomic mass is 9.95. The van der Waals surface area contributed by atoms with Crippen LogP contribution in [-0.4, -0.2) is 62.5 Å². The Morgan fingerprint density at radius 1 is 1.04 bits per heavy atom. The average Bonchev–Trinajstić information content (AvgIpc) is 3.10. The Morgan fingerprint density at radius 3 is 2.56 bits per heavy atom. The molecule has 25 heavy (non-hydrogen) atoms. The largest absolute Gasteiger partial charge is 0.384 e. The SMILES string of the molecule is C[C@](O)(CN1CCN(c2ccc3nncn3n2)CC1)c1ccccc1. The van der Waals surface area contributed by atoms with Gasteiger partial charge in [0.1, 0.15) is 12.1 Å². The zero-order chi connectivity index (χ0) is 17.3. The maximum absolute atomic E-state index is 10.8. The number of aromatic nitrogens is 4. The summed E-state index contributed by atoms with van der Waals surface area (Å²) < 4.78 is 1.70. The number of anilines is 1. The third kappa shape index (κ3) is 3.33. The van der Waals surface area contributed by atoms with Crippen LogP contribution in [0.1, 0.15) is 12.5 Å². The molecule has 2 aromatic heterocycles. The molecule has 0 bridgehead atoms. The summed E-state index contributed by atoms with van der Waals surface area (Å²) in [5.74, 6) is 0.932. The van der Waals surface area contributed by atoms with Crippen LogP contribution in [0.2, 0.25) is 0 Å². The molecule has 0 aliphatic carbocycles. The van der Waals surface area contributed by atoms with Crippen LogP contribution >= 0.6 is 0 Å². The van der Waals surface area contributed by atoms with E-state index in [2.05, 4.69) is 25.1 Å². The van der Waals surface area contributed by atoms with Gasteiger partial charge in [0.15, 0.2) is 5.65 Å². The van der Waals surface area contributed by atoms with Crippen molar-refractivity contribution in [1.29, 1.82) is 0 Å². The molecule has 3 heterocycles. The molecule has 1 atom stereocenters. The highest BCUT2D eigenvalue weighted by Gasteiger charge is 2.28. The Balaban J connectivity index is 1.39. The number of hydrogen-bond acceptors (Lipinski definition) is 6. The Labute approximate surface area is 146 Å². The molecule has 1 N–H and O–H groups in total. The van der Waals surface area contributed by atoms with Crippen LogP contribution in [0.3, 0.4) is 0 Å². The van der Waals surface area contributed by atoms with E-state index < -0.39 is 5.60 Å². The van der Waals surface area contributed by atoms with E-state index in [0.717, 1.165) is 43.2 Å². The quantitative estimate of drug-likeness (QED) is 0.770. The fourth-order valence-electron chi connectivity index (χ4n) is 3.35. The second-order valence-electron chi connectivity index (χ2n) is 6.73. The fourth-order valence-corrected chi connectivity index (χ4v) is 3.35. The zero-order valence-electron chi connectivity index (χ0n) is 14.3. The molecule has 3 aromatic rings. The molecule has 0 spiro atoms. The van der Waals surface area contributed by atoms with E-state index in [1.165, 1.54) is 0 Å². The minimum atomic E-state index is -0.844. The lowest BCUT2D eigenvalue weighted by Gasteiger charge is -2.38. The summed E-state index contributed by atoms with van der Waals surface area (Å²) >= 11 is 0. The Hall–Kier alpha value is -2.51. The maximum atomic E-state index is 10.8. The van der Waals surface area contributed by atoms with Gasteiger partial charge in [-0.15, -0.1) is 15.3 Å². The molecule has 4 rings (SSSR count). The van der Waals surface area contributed by atoms with E-state index in [9.17, 15) is 5.11 Å². The number of β-amino-alcohol motifs (C(OH)–C–C–N with tert-alkyl or cyclic N) is 1. The summed E-state index contributed by atoms with van der Waals surface area (Å²) in [5, 5.41) is 23.2. The average molecular weight is 338 g/mol. The molecule has 7 heteroatoms. The van der Waals surface area contributed by atoms with E-state index in [-0.39, 0.29) is 0 Å². The first-order valence-corrected chi connectivity index (χ1v) is 8.54. The molecule has 0 radical (unpaired) electrons. The van der Waals surface area contributed by atoms with Crippen LogP contribution in [0.4, 0.5) is 5.82 Å². The van der Waals surface area contributed by atoms with Gasteiger partial charge in [-0.05, 0) is 24.6 Å². The van der Waals surface area contributed by atoms with Crippen molar-refractivity contribution in [2.45, 2.75) is 12.5 Å². The Bertz CT molecular complexity index is 839.